The fourth-order valence-corrected chi connectivity index (χ4v) is 2.23. The first-order valence-electron chi connectivity index (χ1n) is 5.61. The van der Waals surface area contributed by atoms with Gasteiger partial charge in [0.15, 0.2) is 0 Å². The number of hydrogen-bond donors (Lipinski definition) is 3. The van der Waals surface area contributed by atoms with Crippen LogP contribution in [0.2, 0.25) is 0 Å². The van der Waals surface area contributed by atoms with Crippen LogP contribution in [0.4, 0.5) is 0 Å². The lowest BCUT2D eigenvalue weighted by Gasteiger charge is -2.19. The molecule has 88 valence electrons. The van der Waals surface area contributed by atoms with Gasteiger partial charge in [-0.2, -0.15) is 0 Å². The Labute approximate surface area is 96.1 Å². The summed E-state index contributed by atoms with van der Waals surface area (Å²) in [5, 5.41) is 0. The smallest absolute Gasteiger partial charge is 0.119 e. The van der Waals surface area contributed by atoms with Crippen molar-refractivity contribution in [1.82, 2.24) is 10.9 Å². The van der Waals surface area contributed by atoms with Crippen LogP contribution in [0, 0.1) is 5.92 Å². The van der Waals surface area contributed by atoms with Crippen LogP contribution in [-0.2, 0) is 0 Å². The molecule has 0 bridgehead atoms. The topological polar surface area (TPSA) is 59.3 Å². The highest BCUT2D eigenvalue weighted by atomic mass is 16.5. The van der Waals surface area contributed by atoms with Crippen molar-refractivity contribution < 1.29 is 4.74 Å². The Morgan fingerprint density at radius 2 is 2.19 bits per heavy atom. The zero-order valence-electron chi connectivity index (χ0n) is 9.73. The molecule has 3 unspecified atom stereocenters. The van der Waals surface area contributed by atoms with Gasteiger partial charge in [0.05, 0.1) is 13.2 Å². The molecule has 1 fully saturated rings. The van der Waals surface area contributed by atoms with Gasteiger partial charge in [-0.1, -0.05) is 12.1 Å². The van der Waals surface area contributed by atoms with Crippen LogP contribution in [0.1, 0.15) is 18.5 Å². The predicted molar refractivity (Wildman–Crippen MR) is 64.0 cm³/mol. The van der Waals surface area contributed by atoms with E-state index in [1.165, 1.54) is 5.56 Å². The van der Waals surface area contributed by atoms with Crippen LogP contribution in [-0.4, -0.2) is 19.7 Å². The van der Waals surface area contributed by atoms with Gasteiger partial charge in [-0.15, -0.1) is 0 Å². The van der Waals surface area contributed by atoms with Gasteiger partial charge in [0.25, 0.3) is 0 Å². The van der Waals surface area contributed by atoms with E-state index in [1.54, 1.807) is 7.11 Å². The van der Waals surface area contributed by atoms with E-state index in [0.29, 0.717) is 18.5 Å². The van der Waals surface area contributed by atoms with Crippen LogP contribution >= 0.6 is 0 Å². The zero-order valence-corrected chi connectivity index (χ0v) is 9.73. The van der Waals surface area contributed by atoms with Crippen LogP contribution < -0.4 is 21.3 Å². The molecule has 1 aliphatic rings. The van der Waals surface area contributed by atoms with Crippen LogP contribution in [0.5, 0.6) is 5.75 Å². The molecule has 3 atom stereocenters. The molecule has 0 amide bonds. The molecule has 4 N–H and O–H groups in total. The summed E-state index contributed by atoms with van der Waals surface area (Å²) >= 11 is 0. The average Bonchev–Trinajstić information content (AvgIpc) is 2.70. The minimum atomic E-state index is 0.259. The second kappa shape index (κ2) is 4.82. The molecule has 0 radical (unpaired) electrons. The van der Waals surface area contributed by atoms with Crippen molar-refractivity contribution in [2.45, 2.75) is 19.0 Å². The molecule has 0 spiro atoms. The molecule has 0 aliphatic carbocycles. The Kier molecular flexibility index (Phi) is 3.43. The minimum absolute atomic E-state index is 0.259. The molecule has 1 saturated heterocycles. The third-order valence-electron chi connectivity index (χ3n) is 3.26. The molecule has 1 aromatic rings. The SMILES string of the molecule is COc1cccc(C2NNC(C)C2CN)c1. The standard InChI is InChI=1S/C12H19N3O/c1-8-11(7-13)12(15-14-8)9-4-3-5-10(6-9)16-2/h3-6,8,11-12,14-15H,7,13H2,1-2H3. The number of nitrogens with two attached hydrogens (primary N) is 1. The summed E-state index contributed by atoms with van der Waals surface area (Å²) in [5.74, 6) is 1.29. The van der Waals surface area contributed by atoms with Crippen LogP contribution in [0.15, 0.2) is 24.3 Å². The lowest BCUT2D eigenvalue weighted by molar-refractivity contribution is 0.409. The van der Waals surface area contributed by atoms with E-state index in [2.05, 4.69) is 29.9 Å². The van der Waals surface area contributed by atoms with E-state index in [0.717, 1.165) is 5.75 Å². The first-order valence-corrected chi connectivity index (χ1v) is 5.61. The van der Waals surface area contributed by atoms with Crippen LogP contribution in [0.3, 0.4) is 0 Å². The lowest BCUT2D eigenvalue weighted by Crippen LogP contribution is -2.30. The summed E-state index contributed by atoms with van der Waals surface area (Å²) in [6.07, 6.45) is 0. The summed E-state index contributed by atoms with van der Waals surface area (Å²) in [5.41, 5.74) is 13.6. The van der Waals surface area contributed by atoms with Crippen molar-refractivity contribution in [3.05, 3.63) is 29.8 Å². The van der Waals surface area contributed by atoms with Gasteiger partial charge in [0.2, 0.25) is 0 Å². The largest absolute Gasteiger partial charge is 0.497 e. The van der Waals surface area contributed by atoms with Crippen molar-refractivity contribution in [3.63, 3.8) is 0 Å². The normalized spacial score (nSPS) is 29.3. The first kappa shape index (κ1) is 11.4. The maximum Gasteiger partial charge on any atom is 0.119 e. The van der Waals surface area contributed by atoms with Gasteiger partial charge < -0.3 is 10.5 Å². The number of hydrogen-bond acceptors (Lipinski definition) is 4. The van der Waals surface area contributed by atoms with Gasteiger partial charge in [-0.3, -0.25) is 5.43 Å². The van der Waals surface area contributed by atoms with Gasteiger partial charge in [-0.05, 0) is 31.2 Å². The molecule has 1 heterocycles. The number of benzene rings is 1. The van der Waals surface area contributed by atoms with Crippen molar-refractivity contribution in [2.75, 3.05) is 13.7 Å². The van der Waals surface area contributed by atoms with Crippen molar-refractivity contribution in [3.8, 4) is 5.75 Å². The quantitative estimate of drug-likeness (QED) is 0.707. The monoisotopic (exact) mass is 221 g/mol. The number of ether oxygens (including phenoxy) is 1. The van der Waals surface area contributed by atoms with Crippen molar-refractivity contribution in [1.29, 1.82) is 0 Å². The van der Waals surface area contributed by atoms with E-state index in [1.807, 2.05) is 12.1 Å². The highest BCUT2D eigenvalue weighted by molar-refractivity contribution is 5.31. The second-order valence-corrected chi connectivity index (χ2v) is 4.23. The first-order chi connectivity index (χ1) is 7.76. The van der Waals surface area contributed by atoms with Gasteiger partial charge in [0, 0.05) is 12.0 Å². The maximum absolute atomic E-state index is 5.81. The second-order valence-electron chi connectivity index (χ2n) is 4.23. The Morgan fingerprint density at radius 1 is 1.38 bits per heavy atom. The van der Waals surface area contributed by atoms with E-state index in [-0.39, 0.29) is 6.04 Å². The highest BCUT2D eigenvalue weighted by Crippen LogP contribution is 2.29. The van der Waals surface area contributed by atoms with Gasteiger partial charge in [-0.25, -0.2) is 5.43 Å². The number of hydrazine groups is 1. The summed E-state index contributed by atoms with van der Waals surface area (Å²) < 4.78 is 5.23. The summed E-state index contributed by atoms with van der Waals surface area (Å²) in [7, 11) is 1.68. The average molecular weight is 221 g/mol. The minimum Gasteiger partial charge on any atom is -0.497 e. The lowest BCUT2D eigenvalue weighted by atomic mass is 9.90. The Bertz CT molecular complexity index is 356. The van der Waals surface area contributed by atoms with E-state index >= 15 is 0 Å². The summed E-state index contributed by atoms with van der Waals surface area (Å²) in [4.78, 5) is 0. The Morgan fingerprint density at radius 3 is 2.88 bits per heavy atom. The third kappa shape index (κ3) is 2.04. The van der Waals surface area contributed by atoms with Gasteiger partial charge >= 0.3 is 0 Å². The Hall–Kier alpha value is -1.10. The van der Waals surface area contributed by atoms with Gasteiger partial charge in [0.1, 0.15) is 5.75 Å². The third-order valence-corrected chi connectivity index (χ3v) is 3.26. The number of methoxy groups -OCH3 is 1. The zero-order chi connectivity index (χ0) is 11.5. The number of nitrogens with one attached hydrogen (secondary N) is 2. The Balaban J connectivity index is 2.22. The van der Waals surface area contributed by atoms with Crippen LogP contribution in [0.25, 0.3) is 0 Å². The fourth-order valence-electron chi connectivity index (χ4n) is 2.23. The van der Waals surface area contributed by atoms with Crippen molar-refractivity contribution >= 4 is 0 Å². The molecule has 4 heteroatoms. The van der Waals surface area contributed by atoms with E-state index in [9.17, 15) is 0 Å². The maximum atomic E-state index is 5.81. The molecule has 4 nitrogen and oxygen atoms in total. The number of rotatable bonds is 3. The molecule has 0 aromatic heterocycles. The molecule has 1 aromatic carbocycles. The fraction of sp³-hybridized carbons (Fsp3) is 0.500. The molecular weight excluding hydrogens is 202 g/mol. The molecule has 2 rings (SSSR count). The summed E-state index contributed by atoms with van der Waals surface area (Å²) in [6, 6.07) is 8.76. The van der Waals surface area contributed by atoms with Crippen molar-refractivity contribution in [2.24, 2.45) is 11.7 Å². The summed E-state index contributed by atoms with van der Waals surface area (Å²) in [6.45, 7) is 2.81. The van der Waals surface area contributed by atoms with E-state index in [4.69, 9.17) is 10.5 Å². The molecular formula is C12H19N3O. The molecule has 0 saturated carbocycles. The molecule has 1 aliphatic heterocycles. The highest BCUT2D eigenvalue weighted by Gasteiger charge is 2.32. The van der Waals surface area contributed by atoms with E-state index < -0.39 is 0 Å². The predicted octanol–water partition coefficient (Wildman–Crippen LogP) is 0.807. The molecule has 16 heavy (non-hydrogen) atoms.